The van der Waals surface area contributed by atoms with Crippen molar-refractivity contribution in [1.82, 2.24) is 19.8 Å². The maximum atomic E-state index is 15.2. The zero-order chi connectivity index (χ0) is 30.2. The van der Waals surface area contributed by atoms with Crippen molar-refractivity contribution in [3.05, 3.63) is 65.2 Å². The van der Waals surface area contributed by atoms with Gasteiger partial charge in [-0.1, -0.05) is 6.08 Å². The van der Waals surface area contributed by atoms with Gasteiger partial charge in [0.2, 0.25) is 0 Å². The van der Waals surface area contributed by atoms with Gasteiger partial charge in [0.25, 0.3) is 5.91 Å². The quantitative estimate of drug-likeness (QED) is 0.345. The maximum Gasteiger partial charge on any atom is 0.573 e. The number of H-pyrrole nitrogens is 1. The van der Waals surface area contributed by atoms with E-state index >= 15 is 4.39 Å². The summed E-state index contributed by atoms with van der Waals surface area (Å²) in [5.41, 5.74) is 2.62. The number of nitrogens with one attached hydrogen (secondary N) is 1. The number of nitrogens with zero attached hydrogens (tertiary/aromatic N) is 3. The molecule has 0 saturated carbocycles. The number of piperidine rings is 1. The summed E-state index contributed by atoms with van der Waals surface area (Å²) in [5, 5.41) is 0.686. The van der Waals surface area contributed by atoms with E-state index in [0.29, 0.717) is 62.0 Å². The number of aromatic nitrogens is 2. The molecule has 12 heteroatoms. The molecule has 0 bridgehead atoms. The minimum Gasteiger partial charge on any atom is -0.444 e. The second kappa shape index (κ2) is 11.3. The van der Waals surface area contributed by atoms with Crippen molar-refractivity contribution in [2.75, 3.05) is 26.2 Å². The SMILES string of the molecule is CC(C)(C)OC(=O)N1CC=C(c2cc3c(C4CCN(C(=O)c5ccc(OC(F)(F)F)cc5)CC4)c(F)cnc3[nH]2)CC1. The van der Waals surface area contributed by atoms with E-state index in [0.717, 1.165) is 23.4 Å². The van der Waals surface area contributed by atoms with Crippen molar-refractivity contribution in [2.24, 2.45) is 0 Å². The number of fused-ring (bicyclic) bond motifs is 1. The van der Waals surface area contributed by atoms with Gasteiger partial charge in [0, 0.05) is 48.4 Å². The van der Waals surface area contributed by atoms with Crippen molar-refractivity contribution in [2.45, 2.75) is 57.9 Å². The number of ether oxygens (including phenoxy) is 2. The third kappa shape index (κ3) is 6.69. The normalized spacial score (nSPS) is 16.9. The minimum atomic E-state index is -4.81. The van der Waals surface area contributed by atoms with Crippen LogP contribution in [0.3, 0.4) is 0 Å². The maximum absolute atomic E-state index is 15.2. The number of likely N-dealkylation sites (tertiary alicyclic amines) is 1. The van der Waals surface area contributed by atoms with Gasteiger partial charge >= 0.3 is 12.5 Å². The summed E-state index contributed by atoms with van der Waals surface area (Å²) in [5.74, 6) is -1.26. The van der Waals surface area contributed by atoms with E-state index in [-0.39, 0.29) is 23.5 Å². The lowest BCUT2D eigenvalue weighted by atomic mass is 9.87. The van der Waals surface area contributed by atoms with Gasteiger partial charge in [-0.15, -0.1) is 13.2 Å². The van der Waals surface area contributed by atoms with Gasteiger partial charge in [-0.2, -0.15) is 0 Å². The number of carbonyl (C=O) groups is 2. The minimum absolute atomic E-state index is 0.145. The van der Waals surface area contributed by atoms with Crippen LogP contribution < -0.4 is 4.74 Å². The lowest BCUT2D eigenvalue weighted by molar-refractivity contribution is -0.274. The molecule has 0 aliphatic carbocycles. The highest BCUT2D eigenvalue weighted by atomic mass is 19.4. The molecular weight excluding hydrogens is 556 g/mol. The Morgan fingerprint density at radius 1 is 1.02 bits per heavy atom. The smallest absolute Gasteiger partial charge is 0.444 e. The molecule has 0 atom stereocenters. The van der Waals surface area contributed by atoms with Gasteiger partial charge < -0.3 is 24.3 Å². The van der Waals surface area contributed by atoms with E-state index in [1.807, 2.05) is 32.9 Å². The Balaban J connectivity index is 1.26. The van der Waals surface area contributed by atoms with Crippen molar-refractivity contribution in [3.8, 4) is 5.75 Å². The molecular formula is C30H32F4N4O4. The molecule has 8 nitrogen and oxygen atoms in total. The molecule has 2 amide bonds. The zero-order valence-corrected chi connectivity index (χ0v) is 23.6. The number of rotatable bonds is 4. The van der Waals surface area contributed by atoms with Crippen LogP contribution in [0.15, 0.2) is 42.6 Å². The molecule has 224 valence electrons. The number of halogens is 4. The second-order valence-electron chi connectivity index (χ2n) is 11.5. The molecule has 42 heavy (non-hydrogen) atoms. The summed E-state index contributed by atoms with van der Waals surface area (Å²) in [6.07, 6.45) is -0.362. The van der Waals surface area contributed by atoms with Gasteiger partial charge in [-0.25, -0.2) is 14.2 Å². The average Bonchev–Trinajstić information content (AvgIpc) is 3.36. The second-order valence-corrected chi connectivity index (χ2v) is 11.5. The number of alkyl halides is 3. The zero-order valence-electron chi connectivity index (χ0n) is 23.6. The number of carbonyl (C=O) groups excluding carboxylic acids is 2. The molecule has 1 saturated heterocycles. The lowest BCUT2D eigenvalue weighted by Crippen LogP contribution is -2.39. The highest BCUT2D eigenvalue weighted by Crippen LogP contribution is 2.37. The summed E-state index contributed by atoms with van der Waals surface area (Å²) in [7, 11) is 0. The molecule has 2 aliphatic rings. The fourth-order valence-corrected chi connectivity index (χ4v) is 5.42. The monoisotopic (exact) mass is 588 g/mol. The van der Waals surface area contributed by atoms with Crippen LogP contribution in [0.4, 0.5) is 22.4 Å². The predicted octanol–water partition coefficient (Wildman–Crippen LogP) is 6.64. The first kappa shape index (κ1) is 29.4. The molecule has 2 aliphatic heterocycles. The van der Waals surface area contributed by atoms with Crippen molar-refractivity contribution >= 4 is 28.6 Å². The van der Waals surface area contributed by atoms with E-state index < -0.39 is 23.5 Å². The van der Waals surface area contributed by atoms with Gasteiger partial charge in [0.15, 0.2) is 0 Å². The van der Waals surface area contributed by atoms with E-state index in [1.54, 1.807) is 9.80 Å². The first-order valence-electron chi connectivity index (χ1n) is 13.8. The Morgan fingerprint density at radius 3 is 2.31 bits per heavy atom. The molecule has 2 aromatic heterocycles. The van der Waals surface area contributed by atoms with Crippen LogP contribution in [0.1, 0.15) is 67.6 Å². The Labute approximate surface area is 240 Å². The Morgan fingerprint density at radius 2 is 1.71 bits per heavy atom. The fraction of sp³-hybridized carbons (Fsp3) is 0.433. The largest absolute Gasteiger partial charge is 0.573 e. The van der Waals surface area contributed by atoms with Crippen LogP contribution in [0, 0.1) is 5.82 Å². The van der Waals surface area contributed by atoms with Gasteiger partial charge in [0.05, 0.1) is 6.20 Å². The number of hydrogen-bond donors (Lipinski definition) is 1. The molecule has 5 rings (SSSR count). The lowest BCUT2D eigenvalue weighted by Gasteiger charge is -2.32. The first-order chi connectivity index (χ1) is 19.8. The summed E-state index contributed by atoms with van der Waals surface area (Å²) < 4.78 is 61.8. The summed E-state index contributed by atoms with van der Waals surface area (Å²) in [4.78, 5) is 36.2. The third-order valence-corrected chi connectivity index (χ3v) is 7.38. The topological polar surface area (TPSA) is 87.8 Å². The number of amides is 2. The number of benzene rings is 1. The van der Waals surface area contributed by atoms with E-state index in [2.05, 4.69) is 14.7 Å². The van der Waals surface area contributed by atoms with Gasteiger partial charge in [-0.3, -0.25) is 4.79 Å². The van der Waals surface area contributed by atoms with E-state index in [9.17, 15) is 22.8 Å². The standard InChI is InChI=1S/C30H32F4N4O4/c1-29(2,3)42-28(40)38-14-8-18(9-15-38)24-16-22-25(23(31)17-35-26(22)36-24)19-10-12-37(13-11-19)27(39)20-4-6-21(7-5-20)41-30(32,33)34/h4-8,16-17,19H,9-15H2,1-3H3,(H,35,36). The van der Waals surface area contributed by atoms with Crippen LogP contribution in [-0.4, -0.2) is 69.9 Å². The molecule has 4 heterocycles. The molecule has 1 N–H and O–H groups in total. The van der Waals surface area contributed by atoms with Crippen molar-refractivity contribution < 1.29 is 36.6 Å². The molecule has 1 aromatic carbocycles. The molecule has 0 spiro atoms. The van der Waals surface area contributed by atoms with Crippen molar-refractivity contribution in [3.63, 3.8) is 0 Å². The van der Waals surface area contributed by atoms with E-state index in [1.165, 1.54) is 18.3 Å². The highest BCUT2D eigenvalue weighted by Gasteiger charge is 2.32. The van der Waals surface area contributed by atoms with Crippen LogP contribution >= 0.6 is 0 Å². The fourth-order valence-electron chi connectivity index (χ4n) is 5.42. The van der Waals surface area contributed by atoms with Crippen LogP contribution in [0.5, 0.6) is 5.75 Å². The Bertz CT molecular complexity index is 1500. The molecule has 0 unspecified atom stereocenters. The van der Waals surface area contributed by atoms with Crippen LogP contribution in [0.2, 0.25) is 0 Å². The van der Waals surface area contributed by atoms with Crippen LogP contribution in [-0.2, 0) is 4.74 Å². The highest BCUT2D eigenvalue weighted by molar-refractivity contribution is 5.94. The first-order valence-corrected chi connectivity index (χ1v) is 13.8. The van der Waals surface area contributed by atoms with Gasteiger partial charge in [0.1, 0.15) is 22.8 Å². The number of pyridine rings is 1. The predicted molar refractivity (Wildman–Crippen MR) is 147 cm³/mol. The molecule has 1 fully saturated rings. The summed E-state index contributed by atoms with van der Waals surface area (Å²) in [6, 6.07) is 6.72. The number of aromatic amines is 1. The van der Waals surface area contributed by atoms with E-state index in [4.69, 9.17) is 4.74 Å². The Hall–Kier alpha value is -4.09. The molecule has 0 radical (unpaired) electrons. The third-order valence-electron chi connectivity index (χ3n) is 7.38. The summed E-state index contributed by atoms with van der Waals surface area (Å²) in [6.45, 7) is 7.11. The Kier molecular flexibility index (Phi) is 7.91. The average molecular weight is 589 g/mol. The molecule has 3 aromatic rings. The summed E-state index contributed by atoms with van der Waals surface area (Å²) >= 11 is 0. The van der Waals surface area contributed by atoms with Crippen LogP contribution in [0.25, 0.3) is 16.6 Å². The van der Waals surface area contributed by atoms with Crippen molar-refractivity contribution in [1.29, 1.82) is 0 Å². The number of hydrogen-bond acceptors (Lipinski definition) is 5. The van der Waals surface area contributed by atoms with Gasteiger partial charge in [-0.05, 0) is 81.9 Å².